The zero-order valence-corrected chi connectivity index (χ0v) is 15.1. The quantitative estimate of drug-likeness (QED) is 0.843. The van der Waals surface area contributed by atoms with Crippen molar-refractivity contribution in [2.75, 3.05) is 24.6 Å². The van der Waals surface area contributed by atoms with Crippen LogP contribution < -0.4 is 4.90 Å². The maximum absolute atomic E-state index is 13.3. The number of carbonyl (C=O) groups excluding carboxylic acids is 2. The van der Waals surface area contributed by atoms with Crippen molar-refractivity contribution in [1.29, 1.82) is 0 Å². The molecule has 1 fully saturated rings. The van der Waals surface area contributed by atoms with Gasteiger partial charge in [0, 0.05) is 24.6 Å². The van der Waals surface area contributed by atoms with E-state index in [0.717, 1.165) is 24.3 Å². The topological polar surface area (TPSA) is 60.9 Å². The van der Waals surface area contributed by atoms with Crippen LogP contribution in [-0.2, 0) is 9.59 Å². The predicted molar refractivity (Wildman–Crippen MR) is 102 cm³/mol. The van der Waals surface area contributed by atoms with E-state index in [9.17, 15) is 14.7 Å². The lowest BCUT2D eigenvalue weighted by molar-refractivity contribution is -0.120. The smallest absolute Gasteiger partial charge is 0.282 e. The third-order valence-electron chi connectivity index (χ3n) is 4.93. The molecule has 5 nitrogen and oxygen atoms in total. The lowest BCUT2D eigenvalue weighted by atomic mass is 9.98. The molecule has 0 saturated carbocycles. The number of amides is 2. The number of carbonyl (C=O) groups is 2. The van der Waals surface area contributed by atoms with Crippen LogP contribution in [0.2, 0.25) is 0 Å². The molecule has 134 valence electrons. The number of hydrogen-bond donors (Lipinski definition) is 1. The fourth-order valence-electron chi connectivity index (χ4n) is 3.68. The summed E-state index contributed by atoms with van der Waals surface area (Å²) in [6, 6.07) is 12.8. The molecule has 2 aromatic rings. The van der Waals surface area contributed by atoms with E-state index in [2.05, 4.69) is 0 Å². The van der Waals surface area contributed by atoms with Gasteiger partial charge < -0.3 is 10.0 Å². The van der Waals surface area contributed by atoms with E-state index in [4.69, 9.17) is 0 Å². The molecule has 1 N–H and O–H groups in total. The van der Waals surface area contributed by atoms with E-state index in [1.54, 1.807) is 12.1 Å². The highest BCUT2D eigenvalue weighted by molar-refractivity contribution is 7.11. The van der Waals surface area contributed by atoms with Crippen molar-refractivity contribution >= 4 is 34.4 Å². The minimum Gasteiger partial charge on any atom is -0.396 e. The molecule has 1 saturated heterocycles. The Kier molecular flexibility index (Phi) is 4.61. The molecule has 2 amide bonds. The van der Waals surface area contributed by atoms with Crippen molar-refractivity contribution < 1.29 is 14.7 Å². The molecule has 2 aliphatic heterocycles. The van der Waals surface area contributed by atoms with Gasteiger partial charge in [0.25, 0.3) is 11.8 Å². The van der Waals surface area contributed by atoms with Crippen molar-refractivity contribution in [1.82, 2.24) is 4.90 Å². The van der Waals surface area contributed by atoms with Gasteiger partial charge in [0.15, 0.2) is 0 Å². The minimum atomic E-state index is -0.275. The van der Waals surface area contributed by atoms with Crippen LogP contribution in [0.15, 0.2) is 53.5 Å². The molecular formula is C20H20N2O3S. The molecule has 1 atom stereocenters. The van der Waals surface area contributed by atoms with Crippen LogP contribution in [0.4, 0.5) is 5.69 Å². The molecule has 4 rings (SSSR count). The maximum Gasteiger partial charge on any atom is 0.282 e. The van der Waals surface area contributed by atoms with Crippen molar-refractivity contribution in [3.63, 3.8) is 0 Å². The second-order valence-electron chi connectivity index (χ2n) is 6.62. The van der Waals surface area contributed by atoms with Gasteiger partial charge >= 0.3 is 0 Å². The van der Waals surface area contributed by atoms with Crippen LogP contribution >= 0.6 is 11.3 Å². The maximum atomic E-state index is 13.3. The minimum absolute atomic E-state index is 0.0999. The lowest BCUT2D eigenvalue weighted by Crippen LogP contribution is -2.40. The number of aliphatic hydroxyl groups excluding tert-OH is 1. The van der Waals surface area contributed by atoms with Crippen LogP contribution in [0.5, 0.6) is 0 Å². The van der Waals surface area contributed by atoms with Crippen molar-refractivity contribution in [2.45, 2.75) is 12.8 Å². The van der Waals surface area contributed by atoms with Gasteiger partial charge in [-0.2, -0.15) is 0 Å². The molecule has 26 heavy (non-hydrogen) atoms. The second-order valence-corrected chi connectivity index (χ2v) is 7.57. The summed E-state index contributed by atoms with van der Waals surface area (Å²) in [6.07, 6.45) is 1.85. The Labute approximate surface area is 156 Å². The monoisotopic (exact) mass is 368 g/mol. The number of imide groups is 1. The number of benzene rings is 1. The van der Waals surface area contributed by atoms with Crippen LogP contribution in [0.3, 0.4) is 0 Å². The Hall–Kier alpha value is -2.44. The van der Waals surface area contributed by atoms with Gasteiger partial charge in [0.1, 0.15) is 5.70 Å². The second kappa shape index (κ2) is 7.05. The molecule has 2 aliphatic rings. The highest BCUT2D eigenvalue weighted by atomic mass is 32.1. The summed E-state index contributed by atoms with van der Waals surface area (Å²) in [5.74, 6) is -0.414. The Balaban J connectivity index is 1.78. The highest BCUT2D eigenvalue weighted by Gasteiger charge is 2.43. The molecule has 0 radical (unpaired) electrons. The molecule has 1 aromatic carbocycles. The number of anilines is 1. The lowest BCUT2D eigenvalue weighted by Gasteiger charge is -2.34. The van der Waals surface area contributed by atoms with E-state index >= 15 is 0 Å². The largest absolute Gasteiger partial charge is 0.396 e. The van der Waals surface area contributed by atoms with E-state index in [-0.39, 0.29) is 24.3 Å². The normalized spacial score (nSPS) is 21.0. The van der Waals surface area contributed by atoms with E-state index in [1.165, 1.54) is 16.2 Å². The fourth-order valence-corrected chi connectivity index (χ4v) is 4.45. The number of para-hydroxylation sites is 1. The van der Waals surface area contributed by atoms with Crippen molar-refractivity contribution in [3.05, 3.63) is 58.4 Å². The summed E-state index contributed by atoms with van der Waals surface area (Å²) in [6.45, 7) is 1.42. The van der Waals surface area contributed by atoms with Gasteiger partial charge in [-0.3, -0.25) is 9.59 Å². The summed E-state index contributed by atoms with van der Waals surface area (Å²) >= 11 is 1.46. The average molecular weight is 368 g/mol. The Morgan fingerprint density at radius 2 is 1.88 bits per heavy atom. The number of nitrogens with zero attached hydrogens (tertiary/aromatic N) is 2. The van der Waals surface area contributed by atoms with E-state index < -0.39 is 0 Å². The van der Waals surface area contributed by atoms with Gasteiger partial charge in [-0.15, -0.1) is 11.3 Å². The first-order valence-electron chi connectivity index (χ1n) is 8.78. The molecular weight excluding hydrogens is 348 g/mol. The van der Waals surface area contributed by atoms with Crippen LogP contribution in [0.1, 0.15) is 17.7 Å². The third kappa shape index (κ3) is 2.85. The van der Waals surface area contributed by atoms with Crippen molar-refractivity contribution in [3.8, 4) is 0 Å². The van der Waals surface area contributed by atoms with Gasteiger partial charge in [0.2, 0.25) is 0 Å². The van der Waals surface area contributed by atoms with Crippen LogP contribution in [0, 0.1) is 5.92 Å². The first-order valence-corrected chi connectivity index (χ1v) is 9.66. The highest BCUT2D eigenvalue weighted by Crippen LogP contribution is 2.37. The number of rotatable bonds is 4. The first kappa shape index (κ1) is 17.0. The van der Waals surface area contributed by atoms with E-state index in [1.807, 2.05) is 40.6 Å². The fraction of sp³-hybridized carbons (Fsp3) is 0.300. The van der Waals surface area contributed by atoms with Gasteiger partial charge in [-0.25, -0.2) is 4.90 Å². The Bertz CT molecular complexity index is 845. The Morgan fingerprint density at radius 3 is 2.58 bits per heavy atom. The van der Waals surface area contributed by atoms with Gasteiger partial charge in [0.05, 0.1) is 11.3 Å². The molecule has 1 aromatic heterocycles. The molecule has 0 spiro atoms. The standard InChI is InChI=1S/C20H20N2O3S/c23-13-14-6-4-10-21(12-14)18-17(16-9-5-11-26-16)19(24)22(20(18)25)15-7-2-1-3-8-15/h1-3,5,7-9,11,14,23H,4,6,10,12-13H2. The molecule has 3 heterocycles. The number of piperidine rings is 1. The number of likely N-dealkylation sites (tertiary alicyclic amines) is 1. The molecule has 0 aliphatic carbocycles. The number of hydrogen-bond acceptors (Lipinski definition) is 5. The van der Waals surface area contributed by atoms with Crippen molar-refractivity contribution in [2.24, 2.45) is 5.92 Å². The summed E-state index contributed by atoms with van der Waals surface area (Å²) in [7, 11) is 0. The average Bonchev–Trinajstić information content (AvgIpc) is 3.28. The van der Waals surface area contributed by atoms with Crippen LogP contribution in [-0.4, -0.2) is 41.5 Å². The summed E-state index contributed by atoms with van der Waals surface area (Å²) in [5.41, 5.74) is 1.54. The SMILES string of the molecule is O=C1C(c2cccs2)=C(N2CCCC(CO)C2)C(=O)N1c1ccccc1. The molecule has 6 heteroatoms. The molecule has 0 bridgehead atoms. The molecule has 1 unspecified atom stereocenters. The number of thiophene rings is 1. The summed E-state index contributed by atoms with van der Waals surface area (Å²) in [4.78, 5) is 30.5. The zero-order chi connectivity index (χ0) is 18.1. The van der Waals surface area contributed by atoms with Gasteiger partial charge in [-0.05, 0) is 42.3 Å². The summed E-state index contributed by atoms with van der Waals surface area (Å²) < 4.78 is 0. The van der Waals surface area contributed by atoms with Gasteiger partial charge in [-0.1, -0.05) is 24.3 Å². The van der Waals surface area contributed by atoms with E-state index in [0.29, 0.717) is 23.5 Å². The Morgan fingerprint density at radius 1 is 1.08 bits per heavy atom. The predicted octanol–water partition coefficient (Wildman–Crippen LogP) is 2.74. The zero-order valence-electron chi connectivity index (χ0n) is 14.3. The number of aliphatic hydroxyl groups is 1. The summed E-state index contributed by atoms with van der Waals surface area (Å²) in [5, 5.41) is 11.5. The third-order valence-corrected chi connectivity index (χ3v) is 5.82. The van der Waals surface area contributed by atoms with Crippen LogP contribution in [0.25, 0.3) is 5.57 Å². The first-order chi connectivity index (χ1) is 12.7.